The van der Waals surface area contributed by atoms with Crippen LogP contribution in [0.1, 0.15) is 52.3 Å². The second-order valence-corrected chi connectivity index (χ2v) is 10.2. The lowest BCUT2D eigenvalue weighted by atomic mass is 10.2. The van der Waals surface area contributed by atoms with Crippen LogP contribution in [-0.4, -0.2) is 57.4 Å². The molecule has 3 rings (SSSR count). The zero-order valence-electron chi connectivity index (χ0n) is 20.4. The van der Waals surface area contributed by atoms with Gasteiger partial charge >= 0.3 is 0 Å². The fourth-order valence-corrected chi connectivity index (χ4v) is 5.55. The molecular formula is C24H36N6O3S. The Morgan fingerprint density at radius 1 is 1.12 bits per heavy atom. The van der Waals surface area contributed by atoms with Gasteiger partial charge in [-0.3, -0.25) is 4.79 Å². The van der Waals surface area contributed by atoms with E-state index in [0.29, 0.717) is 38.0 Å². The topological polar surface area (TPSA) is 102 Å². The number of rotatable bonds is 14. The van der Waals surface area contributed by atoms with Crippen LogP contribution in [0.15, 0.2) is 41.8 Å². The number of carbonyl (C=O) groups excluding carboxylic acids is 1. The Balaban J connectivity index is 1.63. The van der Waals surface area contributed by atoms with Crippen molar-refractivity contribution < 1.29 is 13.2 Å². The molecule has 0 saturated heterocycles. The predicted molar refractivity (Wildman–Crippen MR) is 133 cm³/mol. The summed E-state index contributed by atoms with van der Waals surface area (Å²) in [6, 6.07) is 5.14. The van der Waals surface area contributed by atoms with E-state index in [0.717, 1.165) is 43.7 Å². The third-order valence-corrected chi connectivity index (χ3v) is 7.94. The molecule has 1 N–H and O–H groups in total. The molecule has 0 spiro atoms. The largest absolute Gasteiger partial charge is 0.356 e. The van der Waals surface area contributed by atoms with E-state index in [9.17, 15) is 13.2 Å². The number of sulfonamides is 1. The van der Waals surface area contributed by atoms with Gasteiger partial charge in [0.05, 0.1) is 22.3 Å². The monoisotopic (exact) mass is 488 g/mol. The van der Waals surface area contributed by atoms with Gasteiger partial charge < -0.3 is 14.5 Å². The molecule has 9 nitrogen and oxygen atoms in total. The summed E-state index contributed by atoms with van der Waals surface area (Å²) in [7, 11) is -3.55. The molecule has 3 aromatic rings. The number of amides is 1. The summed E-state index contributed by atoms with van der Waals surface area (Å²) in [6.07, 6.45) is 9.14. The fourth-order valence-electron chi connectivity index (χ4n) is 4.08. The number of fused-ring (bicyclic) bond motifs is 1. The van der Waals surface area contributed by atoms with Gasteiger partial charge in [-0.05, 0) is 37.5 Å². The van der Waals surface area contributed by atoms with Crippen LogP contribution in [0.3, 0.4) is 0 Å². The second kappa shape index (κ2) is 12.1. The Morgan fingerprint density at radius 2 is 1.91 bits per heavy atom. The third kappa shape index (κ3) is 6.24. The van der Waals surface area contributed by atoms with E-state index in [1.165, 1.54) is 4.31 Å². The molecule has 0 atom stereocenters. The van der Waals surface area contributed by atoms with Crippen molar-refractivity contribution in [1.29, 1.82) is 0 Å². The molecule has 0 aliphatic rings. The van der Waals surface area contributed by atoms with Crippen LogP contribution in [0.2, 0.25) is 0 Å². The van der Waals surface area contributed by atoms with E-state index in [2.05, 4.69) is 21.8 Å². The number of aryl methyl sites for hydroxylation is 3. The maximum atomic E-state index is 12.9. The van der Waals surface area contributed by atoms with Gasteiger partial charge in [-0.25, -0.2) is 18.4 Å². The molecule has 10 heteroatoms. The summed E-state index contributed by atoms with van der Waals surface area (Å²) in [6.45, 7) is 8.90. The van der Waals surface area contributed by atoms with Crippen molar-refractivity contribution in [2.75, 3.05) is 19.6 Å². The number of aromatic nitrogens is 4. The van der Waals surface area contributed by atoms with Crippen molar-refractivity contribution in [3.8, 4) is 0 Å². The smallest absolute Gasteiger partial charge is 0.243 e. The Labute approximate surface area is 202 Å². The average molecular weight is 489 g/mol. The molecule has 2 aromatic heterocycles. The molecule has 0 bridgehead atoms. The number of nitrogens with zero attached hydrogens (tertiary/aromatic N) is 5. The fraction of sp³-hybridized carbons (Fsp3) is 0.542. The summed E-state index contributed by atoms with van der Waals surface area (Å²) < 4.78 is 31.4. The minimum Gasteiger partial charge on any atom is -0.356 e. The summed E-state index contributed by atoms with van der Waals surface area (Å²) >= 11 is 0. The van der Waals surface area contributed by atoms with E-state index in [-0.39, 0.29) is 10.8 Å². The summed E-state index contributed by atoms with van der Waals surface area (Å²) in [5, 5.41) is 2.99. The molecule has 0 radical (unpaired) electrons. The average Bonchev–Trinajstić information content (AvgIpc) is 3.46. The zero-order chi connectivity index (χ0) is 24.6. The molecule has 0 aliphatic carbocycles. The SMILES string of the molecule is CCCn1c(CCC(=O)NCCCCn2ccnc2)nc2cc(S(=O)(=O)N(CC)CC)ccc21. The highest BCUT2D eigenvalue weighted by molar-refractivity contribution is 7.89. The highest BCUT2D eigenvalue weighted by Crippen LogP contribution is 2.24. The van der Waals surface area contributed by atoms with Gasteiger partial charge in [-0.1, -0.05) is 20.8 Å². The Kier molecular flexibility index (Phi) is 9.23. The Hall–Kier alpha value is -2.72. The number of hydrogen-bond acceptors (Lipinski definition) is 5. The lowest BCUT2D eigenvalue weighted by Gasteiger charge is -2.18. The van der Waals surface area contributed by atoms with Crippen molar-refractivity contribution in [3.05, 3.63) is 42.7 Å². The lowest BCUT2D eigenvalue weighted by Crippen LogP contribution is -2.30. The van der Waals surface area contributed by atoms with Crippen molar-refractivity contribution in [2.45, 2.75) is 70.9 Å². The molecule has 2 heterocycles. The van der Waals surface area contributed by atoms with Crippen LogP contribution in [0.4, 0.5) is 0 Å². The van der Waals surface area contributed by atoms with Gasteiger partial charge in [-0.15, -0.1) is 0 Å². The highest BCUT2D eigenvalue weighted by atomic mass is 32.2. The maximum Gasteiger partial charge on any atom is 0.243 e. The van der Waals surface area contributed by atoms with Crippen LogP contribution in [-0.2, 0) is 34.3 Å². The molecule has 0 aliphatic heterocycles. The number of benzene rings is 1. The van der Waals surface area contributed by atoms with Gasteiger partial charge in [0.25, 0.3) is 0 Å². The van der Waals surface area contributed by atoms with E-state index in [4.69, 9.17) is 4.98 Å². The predicted octanol–water partition coefficient (Wildman–Crippen LogP) is 3.20. The van der Waals surface area contributed by atoms with Crippen molar-refractivity contribution >= 4 is 27.0 Å². The van der Waals surface area contributed by atoms with Crippen molar-refractivity contribution in [3.63, 3.8) is 0 Å². The zero-order valence-corrected chi connectivity index (χ0v) is 21.2. The van der Waals surface area contributed by atoms with Gasteiger partial charge in [0, 0.05) is 58.0 Å². The lowest BCUT2D eigenvalue weighted by molar-refractivity contribution is -0.121. The molecule has 1 aromatic carbocycles. The van der Waals surface area contributed by atoms with Crippen LogP contribution >= 0.6 is 0 Å². The quantitative estimate of drug-likeness (QED) is 0.351. The van der Waals surface area contributed by atoms with Gasteiger partial charge in [0.15, 0.2) is 0 Å². The number of carbonyl (C=O) groups is 1. The van der Waals surface area contributed by atoms with Crippen LogP contribution in [0.25, 0.3) is 11.0 Å². The normalized spacial score (nSPS) is 12.0. The summed E-state index contributed by atoms with van der Waals surface area (Å²) in [4.78, 5) is 21.4. The number of hydrogen-bond donors (Lipinski definition) is 1. The van der Waals surface area contributed by atoms with Crippen LogP contribution in [0, 0.1) is 0 Å². The standard InChI is InChI=1S/C24H36N6O3S/c1-4-15-30-22-10-9-20(34(32,33)29(5-2)6-3)18-21(22)27-23(30)11-12-24(31)26-13-7-8-16-28-17-14-25-19-28/h9-10,14,17-19H,4-8,11-13,15-16H2,1-3H3,(H,26,31). The first kappa shape index (κ1) is 25.9. The van der Waals surface area contributed by atoms with Crippen molar-refractivity contribution in [1.82, 2.24) is 28.7 Å². The van der Waals surface area contributed by atoms with E-state index >= 15 is 0 Å². The van der Waals surface area contributed by atoms with Crippen LogP contribution in [0.5, 0.6) is 0 Å². The Bertz CT molecular complexity index is 1170. The molecule has 34 heavy (non-hydrogen) atoms. The molecular weight excluding hydrogens is 452 g/mol. The van der Waals surface area contributed by atoms with E-state index < -0.39 is 10.0 Å². The summed E-state index contributed by atoms with van der Waals surface area (Å²) in [5.41, 5.74) is 1.55. The van der Waals surface area contributed by atoms with Gasteiger partial charge in [0.2, 0.25) is 15.9 Å². The van der Waals surface area contributed by atoms with E-state index in [1.807, 2.05) is 30.7 Å². The Morgan fingerprint density at radius 3 is 2.59 bits per heavy atom. The first-order valence-electron chi connectivity index (χ1n) is 12.1. The van der Waals surface area contributed by atoms with Crippen LogP contribution < -0.4 is 5.32 Å². The summed E-state index contributed by atoms with van der Waals surface area (Å²) in [5.74, 6) is 0.812. The minimum atomic E-state index is -3.55. The molecule has 0 unspecified atom stereocenters. The number of nitrogens with one attached hydrogen (secondary N) is 1. The number of imidazole rings is 2. The maximum absolute atomic E-state index is 12.9. The third-order valence-electron chi connectivity index (χ3n) is 5.89. The number of unbranched alkanes of at least 4 members (excludes halogenated alkanes) is 1. The van der Waals surface area contributed by atoms with E-state index in [1.54, 1.807) is 24.7 Å². The molecule has 0 fully saturated rings. The van der Waals surface area contributed by atoms with Crippen molar-refractivity contribution in [2.24, 2.45) is 0 Å². The molecule has 1 amide bonds. The molecule has 0 saturated carbocycles. The first-order chi connectivity index (χ1) is 16.4. The minimum absolute atomic E-state index is 0.00235. The second-order valence-electron chi connectivity index (χ2n) is 8.28. The highest BCUT2D eigenvalue weighted by Gasteiger charge is 2.23. The molecule has 186 valence electrons. The van der Waals surface area contributed by atoms with Gasteiger partial charge in [0.1, 0.15) is 5.82 Å². The first-order valence-corrected chi connectivity index (χ1v) is 13.6. The van der Waals surface area contributed by atoms with Gasteiger partial charge in [-0.2, -0.15) is 4.31 Å².